The van der Waals surface area contributed by atoms with Gasteiger partial charge in [0.25, 0.3) is 0 Å². The second-order valence-corrected chi connectivity index (χ2v) is 11.1. The summed E-state index contributed by atoms with van der Waals surface area (Å²) in [5.74, 6) is 1.06. The first-order chi connectivity index (χ1) is 15.9. The van der Waals surface area contributed by atoms with Crippen molar-refractivity contribution in [2.45, 2.75) is 83.8 Å². The van der Waals surface area contributed by atoms with Crippen molar-refractivity contribution in [3.8, 4) is 0 Å². The number of rotatable bonds is 4. The molecule has 5 rings (SSSR count). The first-order valence-electron chi connectivity index (χ1n) is 12.9. The molecule has 0 spiro atoms. The fourth-order valence-corrected chi connectivity index (χ4v) is 5.66. The van der Waals surface area contributed by atoms with Crippen LogP contribution < -0.4 is 0 Å². The van der Waals surface area contributed by atoms with Gasteiger partial charge in [-0.15, -0.1) is 0 Å². The van der Waals surface area contributed by atoms with E-state index in [1.165, 1.54) is 32.1 Å². The van der Waals surface area contributed by atoms with Crippen LogP contribution in [0, 0.1) is 32.1 Å². The monoisotopic (exact) mass is 533 g/mol. The second kappa shape index (κ2) is 14.4. The predicted molar refractivity (Wildman–Crippen MR) is 149 cm³/mol. The molecular weight excluding hydrogens is 486 g/mol. The first kappa shape index (κ1) is 32.4. The number of benzene rings is 2. The molecule has 4 heteroatoms. The Bertz CT molecular complexity index is 856. The number of hydrogen-bond acceptors (Lipinski definition) is 3. The van der Waals surface area contributed by atoms with Crippen LogP contribution in [0.4, 0.5) is 0 Å². The van der Waals surface area contributed by atoms with Crippen molar-refractivity contribution in [2.24, 2.45) is 22.2 Å². The van der Waals surface area contributed by atoms with Crippen molar-refractivity contribution in [3.63, 3.8) is 0 Å². The summed E-state index contributed by atoms with van der Waals surface area (Å²) in [7, 11) is 0. The fraction of sp³-hybridized carbons (Fsp3) is 0.531. The van der Waals surface area contributed by atoms with E-state index in [4.69, 9.17) is 9.73 Å². The average molecular weight is 534 g/mol. The maximum Gasteiger partial charge on any atom is 2.00 e. The Morgan fingerprint density at radius 3 is 1.64 bits per heavy atom. The standard InChI is InChI=1S/C25H31NO2.C5H10.2CH3.Fe/c1-24(2,3)22-17-28-23(26-22)20-15-10-16-21(20)25(27,18-11-6-4-7-12-18)19-13-8-5-9-14-19;1-2-4-5-3-1;;;/h4-9,11-14,20-22,27H,10,15-17H2,1-3H3;1-5H2;2*1H3;/q;;2*-1;+2. The zero-order valence-corrected chi connectivity index (χ0v) is 24.1. The molecule has 0 radical (unpaired) electrons. The number of ether oxygens (including phenoxy) is 1. The molecule has 2 fully saturated rings. The van der Waals surface area contributed by atoms with Gasteiger partial charge >= 0.3 is 17.1 Å². The van der Waals surface area contributed by atoms with Gasteiger partial charge in [-0.2, -0.15) is 0 Å². The van der Waals surface area contributed by atoms with Crippen LogP contribution in [-0.4, -0.2) is 23.7 Å². The van der Waals surface area contributed by atoms with Crippen molar-refractivity contribution >= 4 is 5.90 Å². The molecule has 1 N–H and O–H groups in total. The Morgan fingerprint density at radius 2 is 1.22 bits per heavy atom. The molecule has 0 saturated heterocycles. The van der Waals surface area contributed by atoms with Crippen LogP contribution in [-0.2, 0) is 27.4 Å². The molecule has 3 aliphatic rings. The van der Waals surface area contributed by atoms with Gasteiger partial charge in [0.05, 0.1) is 6.04 Å². The van der Waals surface area contributed by atoms with E-state index in [9.17, 15) is 5.11 Å². The maximum absolute atomic E-state index is 12.2. The number of aliphatic hydroxyl groups is 1. The van der Waals surface area contributed by atoms with Crippen LogP contribution >= 0.6 is 0 Å². The molecule has 36 heavy (non-hydrogen) atoms. The Morgan fingerprint density at radius 1 is 0.750 bits per heavy atom. The SMILES string of the molecule is C1CCCC1.CC(C)(C)C1COC(C2CCCC2C(O)(c2ccccc2)c2ccccc2)=N1.[CH3-].[CH3-].[Fe+2]. The summed E-state index contributed by atoms with van der Waals surface area (Å²) < 4.78 is 6.11. The van der Waals surface area contributed by atoms with Gasteiger partial charge in [0.15, 0.2) is 5.90 Å². The zero-order valence-electron chi connectivity index (χ0n) is 23.0. The summed E-state index contributed by atoms with van der Waals surface area (Å²) in [6.07, 6.45) is 10.6. The molecule has 200 valence electrons. The van der Waals surface area contributed by atoms with Gasteiger partial charge in [0.2, 0.25) is 0 Å². The van der Waals surface area contributed by atoms with E-state index >= 15 is 0 Å². The van der Waals surface area contributed by atoms with Crippen LogP contribution in [0.15, 0.2) is 65.7 Å². The van der Waals surface area contributed by atoms with E-state index in [1.54, 1.807) is 0 Å². The quantitative estimate of drug-likeness (QED) is 0.319. The number of aliphatic imine (C=N–C) groups is 1. The first-order valence-corrected chi connectivity index (χ1v) is 12.9. The van der Waals surface area contributed by atoms with Gasteiger partial charge in [-0.3, -0.25) is 0 Å². The maximum atomic E-state index is 12.2. The van der Waals surface area contributed by atoms with E-state index < -0.39 is 5.60 Å². The fourth-order valence-electron chi connectivity index (χ4n) is 5.66. The molecule has 3 atom stereocenters. The van der Waals surface area contributed by atoms with Crippen molar-refractivity contribution < 1.29 is 26.9 Å². The van der Waals surface area contributed by atoms with E-state index in [0.29, 0.717) is 6.61 Å². The zero-order chi connectivity index (χ0) is 23.3. The van der Waals surface area contributed by atoms with Crippen molar-refractivity contribution in [3.05, 3.63) is 86.6 Å². The van der Waals surface area contributed by atoms with Gasteiger partial charge in [0, 0.05) is 11.8 Å². The summed E-state index contributed by atoms with van der Waals surface area (Å²) in [5, 5.41) is 12.2. The Labute approximate surface area is 231 Å². The van der Waals surface area contributed by atoms with Crippen molar-refractivity contribution in [2.75, 3.05) is 6.61 Å². The topological polar surface area (TPSA) is 41.8 Å². The molecule has 2 aromatic carbocycles. The molecule has 3 unspecified atom stereocenters. The molecule has 3 nitrogen and oxygen atoms in total. The smallest absolute Gasteiger partial charge is 0.478 e. The third-order valence-corrected chi connectivity index (χ3v) is 7.72. The van der Waals surface area contributed by atoms with E-state index in [2.05, 4.69) is 20.8 Å². The molecule has 2 aliphatic carbocycles. The van der Waals surface area contributed by atoms with Crippen LogP contribution in [0.5, 0.6) is 0 Å². The summed E-state index contributed by atoms with van der Waals surface area (Å²) in [6.45, 7) is 7.29. The van der Waals surface area contributed by atoms with E-state index in [0.717, 1.165) is 36.3 Å². The molecule has 0 amide bonds. The Hall–Kier alpha value is -1.61. The normalized spacial score (nSPS) is 23.1. The number of nitrogens with zero attached hydrogens (tertiary/aromatic N) is 1. The minimum atomic E-state index is -1.05. The third-order valence-electron chi connectivity index (χ3n) is 7.72. The predicted octanol–water partition coefficient (Wildman–Crippen LogP) is 8.03. The van der Waals surface area contributed by atoms with Crippen molar-refractivity contribution in [1.82, 2.24) is 0 Å². The molecule has 0 bridgehead atoms. The summed E-state index contributed by atoms with van der Waals surface area (Å²) in [6, 6.07) is 20.4. The average Bonchev–Trinajstić information content (AvgIpc) is 3.62. The summed E-state index contributed by atoms with van der Waals surface area (Å²) in [5.41, 5.74) is 0.938. The van der Waals surface area contributed by atoms with E-state index in [-0.39, 0.29) is 55.2 Å². The molecule has 1 heterocycles. The molecular formula is C32H47FeNO2. The Kier molecular flexibility index (Phi) is 12.9. The van der Waals surface area contributed by atoms with Crippen LogP contribution in [0.25, 0.3) is 0 Å². The minimum Gasteiger partial charge on any atom is -0.478 e. The minimum absolute atomic E-state index is 0. The van der Waals surface area contributed by atoms with Crippen LogP contribution in [0.1, 0.15) is 83.3 Å². The third kappa shape index (κ3) is 7.24. The van der Waals surface area contributed by atoms with Gasteiger partial charge < -0.3 is 24.7 Å². The molecule has 1 aliphatic heterocycles. The second-order valence-electron chi connectivity index (χ2n) is 11.1. The van der Waals surface area contributed by atoms with E-state index in [1.807, 2.05) is 60.7 Å². The molecule has 0 aromatic heterocycles. The van der Waals surface area contributed by atoms with Gasteiger partial charge in [-0.05, 0) is 29.4 Å². The van der Waals surface area contributed by atoms with Crippen LogP contribution in [0.2, 0.25) is 0 Å². The molecule has 2 saturated carbocycles. The Balaban J connectivity index is 0.000000727. The van der Waals surface area contributed by atoms with Gasteiger partial charge in [0.1, 0.15) is 12.2 Å². The summed E-state index contributed by atoms with van der Waals surface area (Å²) in [4.78, 5) is 4.98. The van der Waals surface area contributed by atoms with Crippen LogP contribution in [0.3, 0.4) is 0 Å². The molecule has 2 aromatic rings. The summed E-state index contributed by atoms with van der Waals surface area (Å²) >= 11 is 0. The largest absolute Gasteiger partial charge is 2.00 e. The number of hydrogen-bond donors (Lipinski definition) is 1. The van der Waals surface area contributed by atoms with Gasteiger partial charge in [-0.25, -0.2) is 4.99 Å². The van der Waals surface area contributed by atoms with Crippen molar-refractivity contribution in [1.29, 1.82) is 0 Å². The van der Waals surface area contributed by atoms with Gasteiger partial charge in [-0.1, -0.05) is 120 Å².